The molecule has 3 nitrogen and oxygen atoms in total. The molecule has 0 aromatic carbocycles. The standard InChI is InChI=1S/C20H40O3/c1-15(2)8-6-9-16(3)10-7-11-17(4)12-13-19(22)18(5)20(23)14-21/h15-17,19-23H,5-14H2,1-4H3. The fourth-order valence-electron chi connectivity index (χ4n) is 2.95. The number of hydrogen-bond acceptors (Lipinski definition) is 3. The van der Waals surface area contributed by atoms with Gasteiger partial charge in [0.2, 0.25) is 0 Å². The van der Waals surface area contributed by atoms with Crippen LogP contribution in [0.3, 0.4) is 0 Å². The van der Waals surface area contributed by atoms with Gasteiger partial charge in [-0.2, -0.15) is 0 Å². The van der Waals surface area contributed by atoms with Gasteiger partial charge in [0.25, 0.3) is 0 Å². The Morgan fingerprint density at radius 2 is 1.22 bits per heavy atom. The van der Waals surface area contributed by atoms with Crippen LogP contribution >= 0.6 is 0 Å². The van der Waals surface area contributed by atoms with E-state index in [1.165, 1.54) is 38.5 Å². The molecule has 3 heteroatoms. The van der Waals surface area contributed by atoms with Gasteiger partial charge in [-0.05, 0) is 36.2 Å². The van der Waals surface area contributed by atoms with Crippen LogP contribution in [-0.2, 0) is 0 Å². The Hall–Kier alpha value is -0.380. The fraction of sp³-hybridized carbons (Fsp3) is 0.900. The molecule has 3 N–H and O–H groups in total. The minimum absolute atomic E-state index is 0.332. The van der Waals surface area contributed by atoms with Crippen LogP contribution in [0.15, 0.2) is 12.2 Å². The van der Waals surface area contributed by atoms with Crippen molar-refractivity contribution in [2.45, 2.75) is 91.3 Å². The maximum absolute atomic E-state index is 9.95. The molecule has 0 aromatic heterocycles. The number of aliphatic hydroxyl groups is 3. The van der Waals surface area contributed by atoms with Gasteiger partial charge in [-0.15, -0.1) is 0 Å². The van der Waals surface area contributed by atoms with Crippen molar-refractivity contribution < 1.29 is 15.3 Å². The highest BCUT2D eigenvalue weighted by molar-refractivity contribution is 5.07. The Morgan fingerprint density at radius 1 is 0.739 bits per heavy atom. The van der Waals surface area contributed by atoms with Crippen molar-refractivity contribution in [2.75, 3.05) is 6.61 Å². The quantitative estimate of drug-likeness (QED) is 0.417. The molecule has 0 aliphatic rings. The molecule has 0 bridgehead atoms. The Bertz CT molecular complexity index is 301. The van der Waals surface area contributed by atoms with E-state index in [1.54, 1.807) is 0 Å². The molecular formula is C20H40O3. The van der Waals surface area contributed by atoms with Crippen LogP contribution in [0.4, 0.5) is 0 Å². The van der Waals surface area contributed by atoms with Crippen LogP contribution in [0.25, 0.3) is 0 Å². The first-order valence-electron chi connectivity index (χ1n) is 9.43. The van der Waals surface area contributed by atoms with Gasteiger partial charge in [-0.1, -0.05) is 72.8 Å². The second-order valence-electron chi connectivity index (χ2n) is 7.83. The third kappa shape index (κ3) is 11.7. The van der Waals surface area contributed by atoms with Gasteiger partial charge in [0.1, 0.15) is 6.10 Å². The molecule has 138 valence electrons. The van der Waals surface area contributed by atoms with Crippen molar-refractivity contribution in [3.63, 3.8) is 0 Å². The van der Waals surface area contributed by atoms with E-state index in [4.69, 9.17) is 5.11 Å². The molecular weight excluding hydrogens is 288 g/mol. The first-order valence-corrected chi connectivity index (χ1v) is 9.43. The lowest BCUT2D eigenvalue weighted by Crippen LogP contribution is -2.24. The molecule has 4 unspecified atom stereocenters. The molecule has 0 fully saturated rings. The van der Waals surface area contributed by atoms with Crippen molar-refractivity contribution in [2.24, 2.45) is 17.8 Å². The largest absolute Gasteiger partial charge is 0.393 e. The van der Waals surface area contributed by atoms with E-state index in [0.29, 0.717) is 17.9 Å². The molecule has 0 radical (unpaired) electrons. The van der Waals surface area contributed by atoms with Gasteiger partial charge in [0.05, 0.1) is 12.7 Å². The summed E-state index contributed by atoms with van der Waals surface area (Å²) in [5.74, 6) is 2.20. The summed E-state index contributed by atoms with van der Waals surface area (Å²) in [4.78, 5) is 0. The van der Waals surface area contributed by atoms with Gasteiger partial charge in [-0.3, -0.25) is 0 Å². The van der Waals surface area contributed by atoms with Gasteiger partial charge in [-0.25, -0.2) is 0 Å². The zero-order valence-corrected chi connectivity index (χ0v) is 15.8. The zero-order valence-electron chi connectivity index (χ0n) is 15.8. The normalized spacial score (nSPS) is 17.0. The lowest BCUT2D eigenvalue weighted by molar-refractivity contribution is 0.0883. The Labute approximate surface area is 143 Å². The molecule has 4 atom stereocenters. The first-order chi connectivity index (χ1) is 10.8. The Kier molecular flexibility index (Phi) is 12.8. The predicted octanol–water partition coefficient (Wildman–Crippen LogP) is 4.31. The Morgan fingerprint density at radius 3 is 1.70 bits per heavy atom. The van der Waals surface area contributed by atoms with E-state index in [-0.39, 0.29) is 6.61 Å². The van der Waals surface area contributed by atoms with Crippen LogP contribution in [0.5, 0.6) is 0 Å². The molecule has 0 saturated carbocycles. The smallest absolute Gasteiger partial charge is 0.100 e. The van der Waals surface area contributed by atoms with E-state index in [1.807, 2.05) is 0 Å². The highest BCUT2D eigenvalue weighted by atomic mass is 16.3. The SMILES string of the molecule is C=C(C(O)CO)C(O)CCC(C)CCCC(C)CCCC(C)C. The van der Waals surface area contributed by atoms with Crippen molar-refractivity contribution in [3.05, 3.63) is 12.2 Å². The molecule has 0 amide bonds. The van der Waals surface area contributed by atoms with Crippen LogP contribution in [-0.4, -0.2) is 34.1 Å². The van der Waals surface area contributed by atoms with Crippen molar-refractivity contribution in [1.29, 1.82) is 0 Å². The first kappa shape index (κ1) is 22.6. The minimum atomic E-state index is -1.01. The molecule has 0 spiro atoms. The zero-order chi connectivity index (χ0) is 17.8. The van der Waals surface area contributed by atoms with Crippen molar-refractivity contribution in [1.82, 2.24) is 0 Å². The lowest BCUT2D eigenvalue weighted by atomic mass is 9.90. The highest BCUT2D eigenvalue weighted by Gasteiger charge is 2.17. The summed E-state index contributed by atoms with van der Waals surface area (Å²) in [7, 11) is 0. The molecule has 0 aliphatic carbocycles. The molecule has 0 saturated heterocycles. The molecule has 0 heterocycles. The monoisotopic (exact) mass is 328 g/mol. The molecule has 0 aromatic rings. The van der Waals surface area contributed by atoms with Gasteiger partial charge in [0.15, 0.2) is 0 Å². The minimum Gasteiger partial charge on any atom is -0.393 e. The van der Waals surface area contributed by atoms with Gasteiger partial charge in [0, 0.05) is 0 Å². The third-order valence-corrected chi connectivity index (χ3v) is 4.83. The number of rotatable bonds is 14. The summed E-state index contributed by atoms with van der Waals surface area (Å²) in [5, 5.41) is 28.3. The average Bonchev–Trinajstić information content (AvgIpc) is 2.50. The second-order valence-corrected chi connectivity index (χ2v) is 7.83. The lowest BCUT2D eigenvalue weighted by Gasteiger charge is -2.20. The highest BCUT2D eigenvalue weighted by Crippen LogP contribution is 2.22. The average molecular weight is 329 g/mol. The van der Waals surface area contributed by atoms with E-state index < -0.39 is 12.2 Å². The fourth-order valence-corrected chi connectivity index (χ4v) is 2.95. The van der Waals surface area contributed by atoms with Gasteiger partial charge < -0.3 is 15.3 Å². The summed E-state index contributed by atoms with van der Waals surface area (Å²) in [6, 6.07) is 0. The Balaban J connectivity index is 3.74. The van der Waals surface area contributed by atoms with Crippen molar-refractivity contribution in [3.8, 4) is 0 Å². The van der Waals surface area contributed by atoms with Crippen LogP contribution in [0, 0.1) is 17.8 Å². The number of hydrogen-bond donors (Lipinski definition) is 3. The third-order valence-electron chi connectivity index (χ3n) is 4.83. The van der Waals surface area contributed by atoms with E-state index >= 15 is 0 Å². The van der Waals surface area contributed by atoms with E-state index in [2.05, 4.69) is 34.3 Å². The van der Waals surface area contributed by atoms with E-state index in [9.17, 15) is 10.2 Å². The maximum atomic E-state index is 9.95. The topological polar surface area (TPSA) is 60.7 Å². The predicted molar refractivity (Wildman–Crippen MR) is 98.3 cm³/mol. The number of aliphatic hydroxyl groups excluding tert-OH is 3. The molecule has 23 heavy (non-hydrogen) atoms. The van der Waals surface area contributed by atoms with Gasteiger partial charge >= 0.3 is 0 Å². The van der Waals surface area contributed by atoms with Crippen molar-refractivity contribution >= 4 is 0 Å². The summed E-state index contributed by atoms with van der Waals surface area (Å²) >= 11 is 0. The van der Waals surface area contributed by atoms with Crippen LogP contribution in [0.2, 0.25) is 0 Å². The summed E-state index contributed by atoms with van der Waals surface area (Å²) in [5.41, 5.74) is 0.332. The summed E-state index contributed by atoms with van der Waals surface area (Å²) in [6.07, 6.45) is 7.57. The van der Waals surface area contributed by atoms with Crippen LogP contribution in [0.1, 0.15) is 79.1 Å². The summed E-state index contributed by atoms with van der Waals surface area (Å²) in [6.45, 7) is 12.4. The molecule has 0 aliphatic heterocycles. The maximum Gasteiger partial charge on any atom is 0.100 e. The van der Waals surface area contributed by atoms with Crippen LogP contribution < -0.4 is 0 Å². The van der Waals surface area contributed by atoms with E-state index in [0.717, 1.165) is 18.3 Å². The second kappa shape index (κ2) is 13.0. The molecule has 0 rings (SSSR count). The summed E-state index contributed by atoms with van der Waals surface area (Å²) < 4.78 is 0.